The molecular weight excluding hydrogens is 700 g/mol. The first-order chi connectivity index (χ1) is 24.7. The fraction of sp³-hybridized carbons (Fsp3) is 0.545. The van der Waals surface area contributed by atoms with E-state index in [1.807, 2.05) is 0 Å². The van der Waals surface area contributed by atoms with E-state index in [4.69, 9.17) is 32.8 Å². The van der Waals surface area contributed by atoms with Gasteiger partial charge in [0, 0.05) is 12.1 Å². The summed E-state index contributed by atoms with van der Waals surface area (Å²) >= 11 is 0. The third-order valence-corrected chi connectivity index (χ3v) is 9.30. The van der Waals surface area contributed by atoms with E-state index in [-0.39, 0.29) is 28.0 Å². The molecule has 0 bridgehead atoms. The number of aliphatic hydroxyl groups is 9. The molecule has 6 rings (SSSR count). The number of ether oxygens (including phenoxy) is 6. The third-order valence-electron chi connectivity index (χ3n) is 9.30. The molecule has 0 aliphatic carbocycles. The highest BCUT2D eigenvalue weighted by Crippen LogP contribution is 2.35. The standard InChI is InChI=1S/C33H40O19/c1-11-21(38)24(41)27(44)31(47-11)52-30-25(42)23(40)18(8-34)49-33(30)51-29-19(9-35)50-32(28(45)26(29)43)48-14-6-16(37)20-17(7-14)46-10-15(22(20)39)12-2-4-13(36)5-3-12/h2-7,10-11,18-19,21,23-38,40-45H,8-9H2,1H3/t11-,18+,19+,21-,23+,24+,25-,26+,27+,28+,29+,30+,31-,32+,33-/m0/s1. The summed E-state index contributed by atoms with van der Waals surface area (Å²) in [5, 5.41) is 114. The van der Waals surface area contributed by atoms with Gasteiger partial charge in [0.1, 0.15) is 102 Å². The predicted octanol–water partition coefficient (Wildman–Crippen LogP) is -3.27. The topological polar surface area (TPSA) is 308 Å². The molecule has 19 nitrogen and oxygen atoms in total. The van der Waals surface area contributed by atoms with E-state index in [1.54, 1.807) is 0 Å². The number of fused-ring (bicyclic) bond motifs is 1. The number of hydrogen-bond acceptors (Lipinski definition) is 19. The van der Waals surface area contributed by atoms with Crippen molar-refractivity contribution < 1.29 is 89.0 Å². The van der Waals surface area contributed by atoms with E-state index in [1.165, 1.54) is 37.3 Å². The van der Waals surface area contributed by atoms with Gasteiger partial charge in [0.25, 0.3) is 0 Å². The van der Waals surface area contributed by atoms with Gasteiger partial charge in [-0.1, -0.05) is 12.1 Å². The van der Waals surface area contributed by atoms with Gasteiger partial charge < -0.3 is 89.0 Å². The second-order valence-corrected chi connectivity index (χ2v) is 12.8. The summed E-state index contributed by atoms with van der Waals surface area (Å²) in [7, 11) is 0. The van der Waals surface area contributed by atoms with Gasteiger partial charge >= 0.3 is 0 Å². The van der Waals surface area contributed by atoms with Crippen molar-refractivity contribution >= 4 is 11.0 Å². The highest BCUT2D eigenvalue weighted by molar-refractivity contribution is 5.88. The molecule has 3 saturated heterocycles. The lowest BCUT2D eigenvalue weighted by Gasteiger charge is -2.48. The van der Waals surface area contributed by atoms with Crippen LogP contribution >= 0.6 is 0 Å². The molecule has 3 fully saturated rings. The first-order valence-electron chi connectivity index (χ1n) is 16.2. The molecule has 2 aromatic carbocycles. The van der Waals surface area contributed by atoms with Crippen molar-refractivity contribution in [3.05, 3.63) is 52.9 Å². The number of phenolic OH excluding ortho intramolecular Hbond substituents is 2. The summed E-state index contributed by atoms with van der Waals surface area (Å²) in [6.45, 7) is -0.302. The Morgan fingerprint density at radius 1 is 0.673 bits per heavy atom. The molecular formula is C33H40O19. The largest absolute Gasteiger partial charge is 0.508 e. The first kappa shape index (κ1) is 38.2. The van der Waals surface area contributed by atoms with Crippen molar-refractivity contribution in [1.29, 1.82) is 0 Å². The smallest absolute Gasteiger partial charge is 0.229 e. The van der Waals surface area contributed by atoms with E-state index >= 15 is 0 Å². The molecule has 52 heavy (non-hydrogen) atoms. The molecule has 15 atom stereocenters. The normalized spacial score (nSPS) is 38.3. The number of phenols is 2. The van der Waals surface area contributed by atoms with Gasteiger partial charge in [0.15, 0.2) is 12.6 Å². The summed E-state index contributed by atoms with van der Waals surface area (Å²) in [5.74, 6) is -0.760. The predicted molar refractivity (Wildman–Crippen MR) is 169 cm³/mol. The van der Waals surface area contributed by atoms with Gasteiger partial charge in [-0.25, -0.2) is 0 Å². The lowest BCUT2D eigenvalue weighted by molar-refractivity contribution is -0.384. The number of aliphatic hydroxyl groups excluding tert-OH is 9. The second-order valence-electron chi connectivity index (χ2n) is 12.8. The van der Waals surface area contributed by atoms with Crippen LogP contribution in [0.5, 0.6) is 17.2 Å². The van der Waals surface area contributed by atoms with E-state index in [2.05, 4.69) is 0 Å². The highest BCUT2D eigenvalue weighted by Gasteiger charge is 2.54. The number of hydrogen-bond donors (Lipinski definition) is 11. The van der Waals surface area contributed by atoms with Crippen LogP contribution in [-0.4, -0.2) is 162 Å². The van der Waals surface area contributed by atoms with Gasteiger partial charge in [0.05, 0.1) is 24.9 Å². The lowest BCUT2D eigenvalue weighted by atomic mass is 9.96. The summed E-state index contributed by atoms with van der Waals surface area (Å²) in [5.41, 5.74) is -0.203. The zero-order valence-corrected chi connectivity index (χ0v) is 27.3. The van der Waals surface area contributed by atoms with Gasteiger partial charge in [0.2, 0.25) is 11.7 Å². The molecule has 3 aliphatic heterocycles. The van der Waals surface area contributed by atoms with Crippen LogP contribution in [0, 0.1) is 0 Å². The number of rotatable bonds is 9. The SMILES string of the molecule is C[C@@H]1O[C@@H](O[C@H]2[C@H](O[C@H]3[C@H](O)[C@@H](O)[C@H](Oc4cc(O)c5c(=O)c(-c6ccc(O)cc6)coc5c4)O[C@@H]3CO)O[C@H](CO)[C@@H](O)[C@@H]2O)[C@H](O)[C@H](O)[C@H]1O. The summed E-state index contributed by atoms with van der Waals surface area (Å²) in [4.78, 5) is 13.2. The summed E-state index contributed by atoms with van der Waals surface area (Å²) in [6, 6.07) is 7.98. The maximum Gasteiger partial charge on any atom is 0.229 e. The van der Waals surface area contributed by atoms with Gasteiger partial charge in [-0.15, -0.1) is 0 Å². The average molecular weight is 741 g/mol. The van der Waals surface area contributed by atoms with Crippen LogP contribution in [0.4, 0.5) is 0 Å². The Bertz CT molecular complexity index is 1730. The number of benzene rings is 2. The molecule has 1 aromatic heterocycles. The summed E-state index contributed by atoms with van der Waals surface area (Å²) in [6.07, 6.45) is -24.1. The lowest BCUT2D eigenvalue weighted by Crippen LogP contribution is -2.67. The molecule has 3 aromatic rings. The van der Waals surface area contributed by atoms with Crippen molar-refractivity contribution in [3.63, 3.8) is 0 Å². The molecule has 0 amide bonds. The Kier molecular flexibility index (Phi) is 11.4. The van der Waals surface area contributed by atoms with Crippen LogP contribution in [0.3, 0.4) is 0 Å². The molecule has 0 unspecified atom stereocenters. The minimum atomic E-state index is -1.93. The van der Waals surface area contributed by atoms with Crippen LogP contribution in [0.15, 0.2) is 51.9 Å². The monoisotopic (exact) mass is 740 g/mol. The van der Waals surface area contributed by atoms with Crippen LogP contribution in [0.25, 0.3) is 22.1 Å². The minimum Gasteiger partial charge on any atom is -0.508 e. The first-order valence-corrected chi connectivity index (χ1v) is 16.2. The summed E-state index contributed by atoms with van der Waals surface area (Å²) < 4.78 is 39.5. The van der Waals surface area contributed by atoms with Crippen molar-refractivity contribution in [2.45, 2.75) is 99.0 Å². The Morgan fingerprint density at radius 3 is 1.96 bits per heavy atom. The van der Waals surface area contributed by atoms with Crippen molar-refractivity contribution in [2.24, 2.45) is 0 Å². The molecule has 19 heteroatoms. The maximum atomic E-state index is 13.2. The van der Waals surface area contributed by atoms with Crippen LogP contribution in [0.2, 0.25) is 0 Å². The van der Waals surface area contributed by atoms with Gasteiger partial charge in [-0.3, -0.25) is 4.79 Å². The van der Waals surface area contributed by atoms with Gasteiger partial charge in [-0.05, 0) is 24.6 Å². The Balaban J connectivity index is 1.20. The molecule has 0 saturated carbocycles. The van der Waals surface area contributed by atoms with E-state index in [0.717, 1.165) is 12.3 Å². The average Bonchev–Trinajstić information content (AvgIpc) is 3.12. The van der Waals surface area contributed by atoms with Crippen molar-refractivity contribution in [1.82, 2.24) is 0 Å². The highest BCUT2D eigenvalue weighted by atomic mass is 16.8. The Hall–Kier alpha value is -3.51. The molecule has 0 spiro atoms. The van der Waals surface area contributed by atoms with E-state index in [9.17, 15) is 61.0 Å². The fourth-order valence-corrected chi connectivity index (χ4v) is 6.31. The number of aromatic hydroxyl groups is 2. The second kappa shape index (κ2) is 15.5. The fourth-order valence-electron chi connectivity index (χ4n) is 6.31. The molecule has 286 valence electrons. The molecule has 4 heterocycles. The zero-order valence-electron chi connectivity index (χ0n) is 27.3. The van der Waals surface area contributed by atoms with Crippen LogP contribution in [0.1, 0.15) is 6.92 Å². The van der Waals surface area contributed by atoms with Gasteiger partial charge in [-0.2, -0.15) is 0 Å². The van der Waals surface area contributed by atoms with Crippen molar-refractivity contribution in [2.75, 3.05) is 13.2 Å². The van der Waals surface area contributed by atoms with Crippen LogP contribution < -0.4 is 10.2 Å². The Labute approximate surface area is 293 Å². The van der Waals surface area contributed by atoms with E-state index < -0.39 is 117 Å². The minimum absolute atomic E-state index is 0.0180. The molecule has 0 radical (unpaired) electrons. The third kappa shape index (κ3) is 7.21. The van der Waals surface area contributed by atoms with E-state index in [0.29, 0.717) is 5.56 Å². The Morgan fingerprint density at radius 2 is 1.29 bits per heavy atom. The van der Waals surface area contributed by atoms with Crippen molar-refractivity contribution in [3.8, 4) is 28.4 Å². The zero-order chi connectivity index (χ0) is 37.6. The molecule has 11 N–H and O–H groups in total. The quantitative estimate of drug-likeness (QED) is 0.102. The molecule has 3 aliphatic rings. The van der Waals surface area contributed by atoms with Crippen LogP contribution in [-0.2, 0) is 23.7 Å². The maximum absolute atomic E-state index is 13.2.